The fourth-order valence-electron chi connectivity index (χ4n) is 8.82. The molecule has 8 rings (SSSR count). The van der Waals surface area contributed by atoms with Gasteiger partial charge in [0, 0.05) is 49.5 Å². The lowest BCUT2D eigenvalue weighted by molar-refractivity contribution is -0.117. The van der Waals surface area contributed by atoms with Gasteiger partial charge in [-0.05, 0) is 64.9 Å². The summed E-state index contributed by atoms with van der Waals surface area (Å²) in [5, 5.41) is 12.5. The number of anilines is 2. The number of hydrogen-bond acceptors (Lipinski definition) is 10. The van der Waals surface area contributed by atoms with Crippen molar-refractivity contribution in [2.75, 3.05) is 56.6 Å². The predicted octanol–water partition coefficient (Wildman–Crippen LogP) is 7.37. The quantitative estimate of drug-likeness (QED) is 0.0901. The third kappa shape index (κ3) is 8.27. The van der Waals surface area contributed by atoms with Gasteiger partial charge < -0.3 is 33.9 Å². The Morgan fingerprint density at radius 3 is 2.41 bits per heavy atom. The van der Waals surface area contributed by atoms with E-state index in [1.165, 1.54) is 50.4 Å². The number of methoxy groups -OCH3 is 2. The fourth-order valence-corrected chi connectivity index (χ4v) is 9.80. The molecule has 0 aliphatic carbocycles. The van der Waals surface area contributed by atoms with Crippen LogP contribution in [0.5, 0.6) is 17.2 Å². The van der Waals surface area contributed by atoms with E-state index in [-0.39, 0.29) is 83.7 Å². The number of rotatable bonds is 13. The summed E-state index contributed by atoms with van der Waals surface area (Å²) in [6.07, 6.45) is 1.87. The van der Waals surface area contributed by atoms with Crippen molar-refractivity contribution in [1.29, 1.82) is 0 Å². The number of amides is 3. The van der Waals surface area contributed by atoms with Crippen molar-refractivity contribution in [3.63, 3.8) is 0 Å². The maximum Gasteiger partial charge on any atom is 0.416 e. The summed E-state index contributed by atoms with van der Waals surface area (Å²) in [7, 11) is 0.595. The van der Waals surface area contributed by atoms with E-state index in [1.54, 1.807) is 34.1 Å². The van der Waals surface area contributed by atoms with Crippen LogP contribution in [0.4, 0.5) is 16.2 Å². The number of carbonyl (C=O) groups excluding carboxylic acids is 3. The Kier molecular flexibility index (Phi) is 12.7. The minimum Gasteiger partial charge on any atom is -0.507 e. The number of ether oxygens (including phenoxy) is 4. The van der Waals surface area contributed by atoms with Crippen LogP contribution in [-0.4, -0.2) is 95.4 Å². The van der Waals surface area contributed by atoms with E-state index in [0.29, 0.717) is 23.5 Å². The molecule has 0 radical (unpaired) electrons. The van der Waals surface area contributed by atoms with Crippen LogP contribution in [0.3, 0.4) is 0 Å². The van der Waals surface area contributed by atoms with Gasteiger partial charge in [0.15, 0.2) is 17.7 Å². The van der Waals surface area contributed by atoms with E-state index in [4.69, 9.17) is 30.5 Å². The number of sulfonamides is 1. The van der Waals surface area contributed by atoms with Crippen LogP contribution in [0, 0.1) is 0 Å². The Labute approximate surface area is 376 Å². The van der Waals surface area contributed by atoms with Gasteiger partial charge in [-0.3, -0.25) is 9.59 Å². The zero-order valence-corrected chi connectivity index (χ0v) is 37.0. The van der Waals surface area contributed by atoms with E-state index in [9.17, 15) is 27.9 Å². The monoisotopic (exact) mass is 906 g/mol. The molecule has 0 bridgehead atoms. The highest BCUT2D eigenvalue weighted by Gasteiger charge is 2.46. The molecular formula is C48H47ClN4O10S. The van der Waals surface area contributed by atoms with Gasteiger partial charge in [0.25, 0.3) is 5.91 Å². The standard InChI is InChI=1S/C48H47ClN4O10S/c1-5-19-62-48(57)53-38-25-43(42(60-3)23-37(38)46(56)51-18-17-32(22-40(51)47(53)61-4)31-13-15-34(16-14-31)64(58,59)50-2)63-28-30-10-8-9-29(20-30)21-44(55)52-27-33(26-49)45-36-12-7-6-11-35(36)41(54)24-39(45)52/h5-17,20,23-25,33,40,47,50,54H,1,18-19,21-22,26-28H2,2-4H3/t33-,40+,47?/m1/s1. The molecule has 0 saturated heterocycles. The van der Waals surface area contributed by atoms with Crippen LogP contribution in [0.1, 0.15) is 45.0 Å². The predicted molar refractivity (Wildman–Crippen MR) is 244 cm³/mol. The number of carbonyl (C=O) groups is 3. The van der Waals surface area contributed by atoms with Crippen molar-refractivity contribution in [3.8, 4) is 17.2 Å². The SMILES string of the molecule is C=CCOC(=O)N1c2cc(OCc3cccc(CC(=O)N4C[C@@H](CCl)c5c4cc(O)c4ccccc54)c3)c(OC)cc2C(=O)N2CC=C(c3ccc(S(=O)(=O)NC)cc3)C[C@H]2C1OC. The van der Waals surface area contributed by atoms with Crippen LogP contribution < -0.4 is 24.0 Å². The van der Waals surface area contributed by atoms with Crippen LogP contribution in [-0.2, 0) is 37.3 Å². The first kappa shape index (κ1) is 44.2. The number of nitrogens with one attached hydrogen (secondary N) is 1. The Morgan fingerprint density at radius 2 is 1.70 bits per heavy atom. The number of hydrogen-bond donors (Lipinski definition) is 2. The van der Waals surface area contributed by atoms with Gasteiger partial charge in [-0.25, -0.2) is 22.8 Å². The number of fused-ring (bicyclic) bond motifs is 5. The normalized spacial score (nSPS) is 18.1. The number of benzene rings is 5. The molecular weight excluding hydrogens is 860 g/mol. The second kappa shape index (κ2) is 18.4. The summed E-state index contributed by atoms with van der Waals surface area (Å²) in [4.78, 5) is 47.2. The van der Waals surface area contributed by atoms with Crippen molar-refractivity contribution in [3.05, 3.63) is 138 Å². The first-order valence-electron chi connectivity index (χ1n) is 20.6. The molecule has 5 aromatic carbocycles. The zero-order valence-electron chi connectivity index (χ0n) is 35.5. The number of nitrogens with zero attached hydrogens (tertiary/aromatic N) is 3. The van der Waals surface area contributed by atoms with Gasteiger partial charge in [-0.1, -0.05) is 79.4 Å². The van der Waals surface area contributed by atoms with Gasteiger partial charge in [-0.2, -0.15) is 0 Å². The Morgan fingerprint density at radius 1 is 0.953 bits per heavy atom. The van der Waals surface area contributed by atoms with Crippen LogP contribution in [0.2, 0.25) is 0 Å². The fraction of sp³-hybridized carbons (Fsp3) is 0.271. The smallest absolute Gasteiger partial charge is 0.416 e. The second-order valence-corrected chi connectivity index (χ2v) is 17.8. The molecule has 3 heterocycles. The lowest BCUT2D eigenvalue weighted by Gasteiger charge is -2.40. The van der Waals surface area contributed by atoms with E-state index >= 15 is 0 Å². The number of halogens is 1. The van der Waals surface area contributed by atoms with Gasteiger partial charge in [-0.15, -0.1) is 11.6 Å². The van der Waals surface area contributed by atoms with Gasteiger partial charge in [0.05, 0.1) is 41.4 Å². The first-order valence-corrected chi connectivity index (χ1v) is 22.6. The van der Waals surface area contributed by atoms with Crippen molar-refractivity contribution < 1.29 is 46.9 Å². The molecule has 14 nitrogen and oxygen atoms in total. The molecule has 1 unspecified atom stereocenters. The molecule has 64 heavy (non-hydrogen) atoms. The molecule has 0 aromatic heterocycles. The molecule has 332 valence electrons. The van der Waals surface area contributed by atoms with E-state index in [0.717, 1.165) is 33.2 Å². The largest absolute Gasteiger partial charge is 0.507 e. The first-order chi connectivity index (χ1) is 30.9. The lowest BCUT2D eigenvalue weighted by Crippen LogP contribution is -2.55. The topological polar surface area (TPSA) is 164 Å². The summed E-state index contributed by atoms with van der Waals surface area (Å²) in [5.74, 6) is 0.270. The highest BCUT2D eigenvalue weighted by molar-refractivity contribution is 7.89. The van der Waals surface area contributed by atoms with Gasteiger partial charge >= 0.3 is 6.09 Å². The molecule has 0 saturated carbocycles. The lowest BCUT2D eigenvalue weighted by atomic mass is 9.93. The molecule has 2 N–H and O–H groups in total. The highest BCUT2D eigenvalue weighted by Crippen LogP contribution is 2.46. The summed E-state index contributed by atoms with van der Waals surface area (Å²) < 4.78 is 50.9. The van der Waals surface area contributed by atoms with Crippen molar-refractivity contribution >= 4 is 67.3 Å². The van der Waals surface area contributed by atoms with E-state index in [1.807, 2.05) is 54.6 Å². The second-order valence-electron chi connectivity index (χ2n) is 15.6. The number of alkyl halides is 1. The molecule has 5 aromatic rings. The molecule has 3 aliphatic rings. The van der Waals surface area contributed by atoms with Crippen molar-refractivity contribution in [2.24, 2.45) is 0 Å². The third-order valence-electron chi connectivity index (χ3n) is 11.9. The summed E-state index contributed by atoms with van der Waals surface area (Å²) >= 11 is 6.42. The number of aromatic hydroxyl groups is 1. The summed E-state index contributed by atoms with van der Waals surface area (Å²) in [5.41, 5.74) is 5.01. The number of phenolic OH excluding ortho intramolecular Hbond substituents is 1. The highest BCUT2D eigenvalue weighted by atomic mass is 35.5. The summed E-state index contributed by atoms with van der Waals surface area (Å²) in [6.45, 7) is 4.17. The minimum absolute atomic E-state index is 0.0386. The van der Waals surface area contributed by atoms with E-state index in [2.05, 4.69) is 11.3 Å². The molecule has 0 fully saturated rings. The Balaban J connectivity index is 1.06. The summed E-state index contributed by atoms with van der Waals surface area (Å²) in [6, 6.07) is 25.5. The Hall–Kier alpha value is -6.39. The van der Waals surface area contributed by atoms with Crippen LogP contribution in [0.15, 0.2) is 115 Å². The maximum absolute atomic E-state index is 14.5. The average molecular weight is 907 g/mol. The van der Waals surface area contributed by atoms with Gasteiger partial charge in [0.1, 0.15) is 19.0 Å². The molecule has 3 atom stereocenters. The zero-order chi connectivity index (χ0) is 45.3. The minimum atomic E-state index is -3.65. The van der Waals surface area contributed by atoms with Crippen molar-refractivity contribution in [1.82, 2.24) is 9.62 Å². The third-order valence-corrected chi connectivity index (χ3v) is 13.7. The van der Waals surface area contributed by atoms with Crippen LogP contribution >= 0.6 is 11.6 Å². The average Bonchev–Trinajstić information content (AvgIpc) is 3.66. The maximum atomic E-state index is 14.5. The molecule has 3 amide bonds. The van der Waals surface area contributed by atoms with Crippen molar-refractivity contribution in [2.45, 2.75) is 42.5 Å². The van der Waals surface area contributed by atoms with Crippen LogP contribution in [0.25, 0.3) is 16.3 Å². The molecule has 16 heteroatoms. The number of phenols is 1. The van der Waals surface area contributed by atoms with Gasteiger partial charge in [0.2, 0.25) is 15.9 Å². The molecule has 0 spiro atoms. The molecule has 3 aliphatic heterocycles. The Bertz CT molecular complexity index is 2800. The van der Waals surface area contributed by atoms with E-state index < -0.39 is 28.4 Å².